The van der Waals surface area contributed by atoms with E-state index in [2.05, 4.69) is 31.4 Å². The van der Waals surface area contributed by atoms with Crippen LogP contribution in [-0.2, 0) is 4.74 Å². The summed E-state index contributed by atoms with van der Waals surface area (Å²) in [6.07, 6.45) is 1.82. The number of carbonyl (C=O) groups is 1. The summed E-state index contributed by atoms with van der Waals surface area (Å²) in [5, 5.41) is 11.9. The normalized spacial score (nSPS) is 13.9. The summed E-state index contributed by atoms with van der Waals surface area (Å²) in [5.41, 5.74) is 4.32. The molecule has 1 amide bonds. The molecule has 182 valence electrons. The molecular formula is C26H25N7O2S. The summed E-state index contributed by atoms with van der Waals surface area (Å²) >= 11 is 1.65. The number of H-pyrrole nitrogens is 1. The van der Waals surface area contributed by atoms with Gasteiger partial charge in [-0.15, -0.1) is 11.3 Å². The van der Waals surface area contributed by atoms with Crippen molar-refractivity contribution in [3.05, 3.63) is 60.3 Å². The summed E-state index contributed by atoms with van der Waals surface area (Å²) in [5.74, 6) is 1.48. The Bertz CT molecular complexity index is 1570. The lowest BCUT2D eigenvalue weighted by molar-refractivity contribution is 0.0963. The summed E-state index contributed by atoms with van der Waals surface area (Å²) in [4.78, 5) is 26.6. The van der Waals surface area contributed by atoms with Gasteiger partial charge in [-0.3, -0.25) is 9.89 Å². The zero-order chi connectivity index (χ0) is 24.6. The Kier molecular flexibility index (Phi) is 5.74. The second-order valence-corrected chi connectivity index (χ2v) is 9.63. The van der Waals surface area contributed by atoms with Crippen LogP contribution in [0.3, 0.4) is 0 Å². The van der Waals surface area contributed by atoms with Crippen molar-refractivity contribution >= 4 is 54.9 Å². The number of aromatic nitrogens is 4. The number of nitrogens with one attached hydrogen (secondary N) is 2. The molecule has 9 nitrogen and oxygen atoms in total. The molecule has 4 heterocycles. The highest BCUT2D eigenvalue weighted by atomic mass is 32.1. The highest BCUT2D eigenvalue weighted by Gasteiger charge is 2.22. The van der Waals surface area contributed by atoms with Crippen LogP contribution < -0.4 is 15.1 Å². The number of ether oxygens (including phenoxy) is 1. The summed E-state index contributed by atoms with van der Waals surface area (Å²) < 4.78 is 6.63. The van der Waals surface area contributed by atoms with Gasteiger partial charge in [0.1, 0.15) is 0 Å². The molecule has 5 aromatic rings. The van der Waals surface area contributed by atoms with E-state index in [1.807, 2.05) is 55.7 Å². The number of carbonyl (C=O) groups excluding carboxylic acids is 1. The maximum atomic E-state index is 12.2. The number of hydrogen-bond donors (Lipinski definition) is 2. The topological polar surface area (TPSA) is 99.3 Å². The third kappa shape index (κ3) is 3.94. The SMILES string of the molecule is CNC(=O)c1cccc(N(C)c2cc3nc(-c4cccc5[nH]ncc45)nc(N4CCOCC4)c3s2)c1. The predicted molar refractivity (Wildman–Crippen MR) is 143 cm³/mol. The molecule has 1 aliphatic heterocycles. The number of fused-ring (bicyclic) bond motifs is 2. The van der Waals surface area contributed by atoms with Crippen LogP contribution in [0.1, 0.15) is 10.4 Å². The lowest BCUT2D eigenvalue weighted by atomic mass is 10.1. The van der Waals surface area contributed by atoms with Gasteiger partial charge in [-0.05, 0) is 30.3 Å². The number of anilines is 3. The van der Waals surface area contributed by atoms with Crippen LogP contribution in [0.5, 0.6) is 0 Å². The fourth-order valence-electron chi connectivity index (χ4n) is 4.47. The average Bonchev–Trinajstić information content (AvgIpc) is 3.59. The largest absolute Gasteiger partial charge is 0.378 e. The lowest BCUT2D eigenvalue weighted by Gasteiger charge is -2.28. The number of rotatable bonds is 5. The van der Waals surface area contributed by atoms with Gasteiger partial charge in [0.25, 0.3) is 5.91 Å². The van der Waals surface area contributed by atoms with Crippen molar-refractivity contribution in [3.8, 4) is 11.4 Å². The van der Waals surface area contributed by atoms with E-state index in [0.29, 0.717) is 24.6 Å². The van der Waals surface area contributed by atoms with Crippen LogP contribution in [0, 0.1) is 0 Å². The van der Waals surface area contributed by atoms with Crippen LogP contribution in [0.2, 0.25) is 0 Å². The van der Waals surface area contributed by atoms with E-state index in [0.717, 1.165) is 56.3 Å². The Morgan fingerprint density at radius 1 is 1.14 bits per heavy atom. The van der Waals surface area contributed by atoms with Gasteiger partial charge in [-0.25, -0.2) is 9.97 Å². The van der Waals surface area contributed by atoms with Crippen molar-refractivity contribution in [1.82, 2.24) is 25.5 Å². The van der Waals surface area contributed by atoms with Gasteiger partial charge in [0.2, 0.25) is 0 Å². The van der Waals surface area contributed by atoms with Crippen LogP contribution in [0.25, 0.3) is 32.5 Å². The summed E-state index contributed by atoms with van der Waals surface area (Å²) in [7, 11) is 3.64. The molecule has 1 fully saturated rings. The Morgan fingerprint density at radius 3 is 2.81 bits per heavy atom. The Balaban J connectivity index is 1.48. The summed E-state index contributed by atoms with van der Waals surface area (Å²) in [6.45, 7) is 2.89. The van der Waals surface area contributed by atoms with E-state index < -0.39 is 0 Å². The van der Waals surface area contributed by atoms with E-state index in [1.54, 1.807) is 18.4 Å². The van der Waals surface area contributed by atoms with Crippen LogP contribution in [0.15, 0.2) is 54.7 Å². The summed E-state index contributed by atoms with van der Waals surface area (Å²) in [6, 6.07) is 15.7. The number of nitrogens with zero attached hydrogens (tertiary/aromatic N) is 5. The molecule has 2 aromatic carbocycles. The number of benzene rings is 2. The molecule has 0 atom stereocenters. The smallest absolute Gasteiger partial charge is 0.251 e. The minimum Gasteiger partial charge on any atom is -0.378 e. The fourth-order valence-corrected chi connectivity index (χ4v) is 5.57. The molecule has 0 aliphatic carbocycles. The van der Waals surface area contributed by atoms with Crippen LogP contribution in [0.4, 0.5) is 16.5 Å². The van der Waals surface area contributed by atoms with Crippen LogP contribution in [-0.4, -0.2) is 66.5 Å². The van der Waals surface area contributed by atoms with Crippen molar-refractivity contribution in [1.29, 1.82) is 0 Å². The second-order valence-electron chi connectivity index (χ2n) is 8.59. The third-order valence-electron chi connectivity index (χ3n) is 6.43. The predicted octanol–water partition coefficient (Wildman–Crippen LogP) is 4.20. The third-order valence-corrected chi connectivity index (χ3v) is 7.63. The zero-order valence-corrected chi connectivity index (χ0v) is 20.8. The molecule has 0 unspecified atom stereocenters. The molecule has 1 saturated heterocycles. The molecule has 0 bridgehead atoms. The van der Waals surface area contributed by atoms with E-state index in [1.165, 1.54) is 0 Å². The fraction of sp³-hybridized carbons (Fsp3) is 0.231. The first-order chi connectivity index (χ1) is 17.6. The Morgan fingerprint density at radius 2 is 1.97 bits per heavy atom. The molecule has 0 radical (unpaired) electrons. The minimum atomic E-state index is -0.111. The number of amides is 1. The average molecular weight is 500 g/mol. The maximum Gasteiger partial charge on any atom is 0.251 e. The lowest BCUT2D eigenvalue weighted by Crippen LogP contribution is -2.36. The van der Waals surface area contributed by atoms with Gasteiger partial charge < -0.3 is 19.9 Å². The molecule has 2 N–H and O–H groups in total. The highest BCUT2D eigenvalue weighted by Crippen LogP contribution is 2.40. The van der Waals surface area contributed by atoms with Crippen molar-refractivity contribution in [2.45, 2.75) is 0 Å². The maximum absolute atomic E-state index is 12.2. The van der Waals surface area contributed by atoms with Gasteiger partial charge in [0.15, 0.2) is 11.6 Å². The van der Waals surface area contributed by atoms with Crippen molar-refractivity contribution < 1.29 is 9.53 Å². The molecule has 0 spiro atoms. The molecular weight excluding hydrogens is 474 g/mol. The van der Waals surface area contributed by atoms with Crippen LogP contribution >= 0.6 is 11.3 Å². The zero-order valence-electron chi connectivity index (χ0n) is 20.0. The number of morpholine rings is 1. The van der Waals surface area contributed by atoms with Crippen molar-refractivity contribution in [2.24, 2.45) is 0 Å². The van der Waals surface area contributed by atoms with Gasteiger partial charge in [-0.2, -0.15) is 5.10 Å². The van der Waals surface area contributed by atoms with Gasteiger partial charge >= 0.3 is 0 Å². The van der Waals surface area contributed by atoms with E-state index in [9.17, 15) is 4.79 Å². The molecule has 36 heavy (non-hydrogen) atoms. The van der Waals surface area contributed by atoms with E-state index in [-0.39, 0.29) is 5.91 Å². The number of aromatic amines is 1. The quantitative estimate of drug-likeness (QED) is 0.374. The standard InChI is InChI=1S/C26H25N7O2S/c1-27-26(34)16-5-3-6-17(13-16)32(2)22-14-21-23(36-22)25(33-9-11-35-12-10-33)30-24(29-21)18-7-4-8-20-19(18)15-28-31-20/h3-8,13-15H,9-12H2,1-2H3,(H,27,34)(H,28,31). The number of hydrogen-bond acceptors (Lipinski definition) is 8. The number of thiophene rings is 1. The first kappa shape index (κ1) is 22.4. The molecule has 0 saturated carbocycles. The van der Waals surface area contributed by atoms with Crippen molar-refractivity contribution in [3.63, 3.8) is 0 Å². The second kappa shape index (κ2) is 9.21. The Hall–Kier alpha value is -4.02. The first-order valence-corrected chi connectivity index (χ1v) is 12.6. The molecule has 3 aromatic heterocycles. The molecule has 10 heteroatoms. The monoisotopic (exact) mass is 499 g/mol. The van der Waals surface area contributed by atoms with E-state index in [4.69, 9.17) is 14.7 Å². The first-order valence-electron chi connectivity index (χ1n) is 11.7. The highest BCUT2D eigenvalue weighted by molar-refractivity contribution is 7.23. The van der Waals surface area contributed by atoms with Crippen molar-refractivity contribution in [2.75, 3.05) is 50.2 Å². The van der Waals surface area contributed by atoms with Gasteiger partial charge in [0, 0.05) is 49.4 Å². The van der Waals surface area contributed by atoms with Gasteiger partial charge in [0.05, 0.1) is 40.1 Å². The molecule has 1 aliphatic rings. The minimum absolute atomic E-state index is 0.111. The van der Waals surface area contributed by atoms with Gasteiger partial charge in [-0.1, -0.05) is 18.2 Å². The van der Waals surface area contributed by atoms with E-state index >= 15 is 0 Å². The Labute approximate surface area is 211 Å². The molecule has 6 rings (SSSR count).